The van der Waals surface area contributed by atoms with Crippen LogP contribution >= 0.6 is 0 Å². The van der Waals surface area contributed by atoms with E-state index < -0.39 is 5.97 Å². The fraction of sp³-hybridized carbons (Fsp3) is 0.278. The van der Waals surface area contributed by atoms with Gasteiger partial charge in [0.2, 0.25) is 0 Å². The number of ether oxygens (including phenoxy) is 1. The predicted molar refractivity (Wildman–Crippen MR) is 90.6 cm³/mol. The van der Waals surface area contributed by atoms with Gasteiger partial charge in [-0.25, -0.2) is 4.79 Å². The molecule has 0 unspecified atom stereocenters. The average molecular weight is 328 g/mol. The highest BCUT2D eigenvalue weighted by Crippen LogP contribution is 2.21. The number of aryl methyl sites for hydroxylation is 2. The van der Waals surface area contributed by atoms with Crippen molar-refractivity contribution in [2.24, 2.45) is 7.05 Å². The van der Waals surface area contributed by atoms with Crippen molar-refractivity contribution in [1.29, 1.82) is 0 Å². The molecule has 0 aliphatic heterocycles. The van der Waals surface area contributed by atoms with E-state index in [1.807, 2.05) is 13.8 Å². The van der Waals surface area contributed by atoms with Gasteiger partial charge in [-0.15, -0.1) is 0 Å². The van der Waals surface area contributed by atoms with Crippen molar-refractivity contribution in [1.82, 2.24) is 4.57 Å². The average Bonchev–Trinajstić information content (AvgIpc) is 2.92. The predicted octanol–water partition coefficient (Wildman–Crippen LogP) is 2.88. The number of esters is 1. The monoisotopic (exact) mass is 328 g/mol. The molecular weight excluding hydrogens is 308 g/mol. The van der Waals surface area contributed by atoms with E-state index in [0.717, 1.165) is 11.1 Å². The zero-order valence-electron chi connectivity index (χ0n) is 14.4. The maximum atomic E-state index is 12.5. The third kappa shape index (κ3) is 3.37. The van der Waals surface area contributed by atoms with E-state index in [4.69, 9.17) is 4.74 Å². The summed E-state index contributed by atoms with van der Waals surface area (Å²) in [6, 6.07) is 4.91. The van der Waals surface area contributed by atoms with Crippen LogP contribution in [-0.2, 0) is 11.8 Å². The zero-order chi connectivity index (χ0) is 18.0. The lowest BCUT2D eigenvalue weighted by molar-refractivity contribution is 0.0599. The molecule has 0 saturated carbocycles. The Hall–Kier alpha value is -2.89. The number of methoxy groups -OCH3 is 1. The number of hydrogen-bond donors (Lipinski definition) is 1. The molecule has 0 atom stereocenters. The van der Waals surface area contributed by atoms with Gasteiger partial charge in [-0.1, -0.05) is 0 Å². The number of nitrogens with one attached hydrogen (secondary N) is 1. The van der Waals surface area contributed by atoms with Crippen LogP contribution in [0.4, 0.5) is 5.69 Å². The first-order valence-electron chi connectivity index (χ1n) is 7.42. The van der Waals surface area contributed by atoms with Crippen molar-refractivity contribution >= 4 is 23.3 Å². The first-order chi connectivity index (χ1) is 11.2. The number of hydrogen-bond acceptors (Lipinski definition) is 4. The van der Waals surface area contributed by atoms with E-state index in [2.05, 4.69) is 5.32 Å². The number of carbonyl (C=O) groups excluding carboxylic acids is 3. The third-order valence-corrected chi connectivity index (χ3v) is 3.97. The van der Waals surface area contributed by atoms with Gasteiger partial charge in [-0.05, 0) is 50.1 Å². The lowest BCUT2D eigenvalue weighted by atomic mass is 10.0. The summed E-state index contributed by atoms with van der Waals surface area (Å²) < 4.78 is 6.36. The second-order valence-corrected chi connectivity index (χ2v) is 5.69. The van der Waals surface area contributed by atoms with Crippen LogP contribution in [0.5, 0.6) is 0 Å². The minimum absolute atomic E-state index is 0.108. The SMILES string of the molecule is COC(=O)c1cc(NC(=O)c2cc(C(C)=O)cn2C)cc(C)c1C. The molecule has 0 bridgehead atoms. The molecular formula is C18H20N2O4. The van der Waals surface area contributed by atoms with Crippen LogP contribution in [0.1, 0.15) is 49.3 Å². The molecule has 6 heteroatoms. The molecule has 6 nitrogen and oxygen atoms in total. The van der Waals surface area contributed by atoms with E-state index in [1.54, 1.807) is 36.0 Å². The molecule has 0 saturated heterocycles. The van der Waals surface area contributed by atoms with Crippen LogP contribution in [0.2, 0.25) is 0 Å². The number of Topliss-reactive ketones (excluding diaryl/α,β-unsaturated/α-hetero) is 1. The summed E-state index contributed by atoms with van der Waals surface area (Å²) in [5, 5.41) is 2.76. The summed E-state index contributed by atoms with van der Waals surface area (Å²) in [5.41, 5.74) is 3.40. The van der Waals surface area contributed by atoms with Crippen LogP contribution in [-0.4, -0.2) is 29.3 Å². The number of rotatable bonds is 4. The van der Waals surface area contributed by atoms with E-state index in [1.165, 1.54) is 14.0 Å². The van der Waals surface area contributed by atoms with Crippen molar-refractivity contribution in [2.45, 2.75) is 20.8 Å². The number of anilines is 1. The molecule has 0 radical (unpaired) electrons. The largest absolute Gasteiger partial charge is 0.465 e. The van der Waals surface area contributed by atoms with Crippen LogP contribution < -0.4 is 5.32 Å². The molecule has 0 spiro atoms. The van der Waals surface area contributed by atoms with Crippen LogP contribution in [0.3, 0.4) is 0 Å². The summed E-state index contributed by atoms with van der Waals surface area (Å²) in [6.45, 7) is 5.13. The molecule has 1 aromatic heterocycles. The summed E-state index contributed by atoms with van der Waals surface area (Å²) in [7, 11) is 3.01. The Labute approximate surface area is 140 Å². The Kier molecular flexibility index (Phi) is 4.87. The van der Waals surface area contributed by atoms with E-state index in [-0.39, 0.29) is 11.7 Å². The lowest BCUT2D eigenvalue weighted by Gasteiger charge is -2.12. The molecule has 24 heavy (non-hydrogen) atoms. The van der Waals surface area contributed by atoms with Crippen molar-refractivity contribution in [2.75, 3.05) is 12.4 Å². The summed E-state index contributed by atoms with van der Waals surface area (Å²) in [4.78, 5) is 35.7. The van der Waals surface area contributed by atoms with Gasteiger partial charge >= 0.3 is 5.97 Å². The van der Waals surface area contributed by atoms with Crippen molar-refractivity contribution in [3.05, 3.63) is 52.3 Å². The van der Waals surface area contributed by atoms with Crippen molar-refractivity contribution in [3.63, 3.8) is 0 Å². The van der Waals surface area contributed by atoms with Gasteiger partial charge in [0.1, 0.15) is 5.69 Å². The highest BCUT2D eigenvalue weighted by atomic mass is 16.5. The number of aromatic nitrogens is 1. The zero-order valence-corrected chi connectivity index (χ0v) is 14.4. The molecule has 1 heterocycles. The second kappa shape index (κ2) is 6.70. The molecule has 1 amide bonds. The molecule has 0 aliphatic rings. The molecule has 2 aromatic rings. The standard InChI is InChI=1S/C18H20N2O4/c1-10-6-14(8-15(11(10)2)18(23)24-5)19-17(22)16-7-13(12(3)21)9-20(16)4/h6-9H,1-5H3,(H,19,22). The molecule has 126 valence electrons. The molecule has 2 rings (SSSR count). The maximum Gasteiger partial charge on any atom is 0.338 e. The van der Waals surface area contributed by atoms with Crippen molar-refractivity contribution < 1.29 is 19.1 Å². The van der Waals surface area contributed by atoms with Crippen molar-refractivity contribution in [3.8, 4) is 0 Å². The summed E-state index contributed by atoms with van der Waals surface area (Å²) in [6.07, 6.45) is 1.61. The Morgan fingerprint density at radius 2 is 1.79 bits per heavy atom. The fourth-order valence-electron chi connectivity index (χ4n) is 2.43. The molecule has 0 aliphatic carbocycles. The van der Waals surface area contributed by atoms with Gasteiger partial charge in [-0.3, -0.25) is 9.59 Å². The van der Waals surface area contributed by atoms with Gasteiger partial charge < -0.3 is 14.6 Å². The minimum Gasteiger partial charge on any atom is -0.465 e. The van der Waals surface area contributed by atoms with Crippen LogP contribution in [0.25, 0.3) is 0 Å². The van der Waals surface area contributed by atoms with Gasteiger partial charge in [0.25, 0.3) is 5.91 Å². The van der Waals surface area contributed by atoms with Gasteiger partial charge in [-0.2, -0.15) is 0 Å². The highest BCUT2D eigenvalue weighted by molar-refractivity contribution is 6.06. The quantitative estimate of drug-likeness (QED) is 0.691. The van der Waals surface area contributed by atoms with E-state index in [0.29, 0.717) is 22.5 Å². The summed E-state index contributed by atoms with van der Waals surface area (Å²) >= 11 is 0. The second-order valence-electron chi connectivity index (χ2n) is 5.69. The topological polar surface area (TPSA) is 77.4 Å². The van der Waals surface area contributed by atoms with E-state index >= 15 is 0 Å². The molecule has 1 aromatic carbocycles. The van der Waals surface area contributed by atoms with Crippen LogP contribution in [0.15, 0.2) is 24.4 Å². The Bertz CT molecular complexity index is 834. The fourth-order valence-corrected chi connectivity index (χ4v) is 2.43. The van der Waals surface area contributed by atoms with Gasteiger partial charge in [0.05, 0.1) is 12.7 Å². The number of carbonyl (C=O) groups is 3. The Balaban J connectivity index is 2.34. The van der Waals surface area contributed by atoms with Gasteiger partial charge in [0.15, 0.2) is 5.78 Å². The smallest absolute Gasteiger partial charge is 0.338 e. The number of nitrogens with zero attached hydrogens (tertiary/aromatic N) is 1. The lowest BCUT2D eigenvalue weighted by Crippen LogP contribution is -2.16. The Morgan fingerprint density at radius 3 is 2.33 bits per heavy atom. The number of ketones is 1. The van der Waals surface area contributed by atoms with Crippen LogP contribution in [0, 0.1) is 13.8 Å². The van der Waals surface area contributed by atoms with E-state index in [9.17, 15) is 14.4 Å². The Morgan fingerprint density at radius 1 is 1.12 bits per heavy atom. The third-order valence-electron chi connectivity index (χ3n) is 3.97. The highest BCUT2D eigenvalue weighted by Gasteiger charge is 2.17. The summed E-state index contributed by atoms with van der Waals surface area (Å²) in [5.74, 6) is -0.919. The molecule has 0 fully saturated rings. The maximum absolute atomic E-state index is 12.5. The number of amides is 1. The first kappa shape index (κ1) is 17.5. The molecule has 1 N–H and O–H groups in total. The van der Waals surface area contributed by atoms with Gasteiger partial charge in [0, 0.05) is 24.5 Å². The number of benzene rings is 1. The normalized spacial score (nSPS) is 10.4. The minimum atomic E-state index is -0.454. The first-order valence-corrected chi connectivity index (χ1v) is 7.42.